The van der Waals surface area contributed by atoms with Crippen molar-refractivity contribution in [1.29, 1.82) is 0 Å². The zero-order chi connectivity index (χ0) is 18.1. The van der Waals surface area contributed by atoms with E-state index in [0.717, 1.165) is 71.9 Å². The number of hydrogen-bond acceptors (Lipinski definition) is 5. The molecular formula is C20H36N4O2. The topological polar surface area (TPSA) is 48.1 Å². The first-order valence-corrected chi connectivity index (χ1v) is 10.6. The zero-order valence-corrected chi connectivity index (χ0v) is 16.6. The third-order valence-corrected chi connectivity index (χ3v) is 7.13. The van der Waals surface area contributed by atoms with E-state index in [4.69, 9.17) is 4.74 Å². The lowest BCUT2D eigenvalue weighted by atomic mass is 9.91. The molecule has 2 unspecified atom stereocenters. The van der Waals surface area contributed by atoms with Crippen LogP contribution in [0, 0.1) is 11.3 Å². The van der Waals surface area contributed by atoms with Gasteiger partial charge in [0.25, 0.3) is 0 Å². The van der Waals surface area contributed by atoms with Crippen molar-refractivity contribution < 1.29 is 9.53 Å². The number of rotatable bonds is 4. The van der Waals surface area contributed by atoms with Gasteiger partial charge in [-0.05, 0) is 51.6 Å². The van der Waals surface area contributed by atoms with Crippen LogP contribution < -0.4 is 5.32 Å². The molecule has 0 bridgehead atoms. The Morgan fingerprint density at radius 2 is 1.88 bits per heavy atom. The number of amides is 1. The van der Waals surface area contributed by atoms with Crippen molar-refractivity contribution in [1.82, 2.24) is 20.0 Å². The van der Waals surface area contributed by atoms with E-state index in [1.54, 1.807) is 0 Å². The number of ether oxygens (including phenoxy) is 1. The third kappa shape index (κ3) is 3.93. The summed E-state index contributed by atoms with van der Waals surface area (Å²) in [7, 11) is 0. The van der Waals surface area contributed by atoms with E-state index >= 15 is 0 Å². The number of hydrogen-bond donors (Lipinski definition) is 1. The lowest BCUT2D eigenvalue weighted by Crippen LogP contribution is -2.54. The molecule has 0 aromatic carbocycles. The molecule has 4 aliphatic rings. The fourth-order valence-electron chi connectivity index (χ4n) is 5.15. The molecule has 1 N–H and O–H groups in total. The Bertz CT molecular complexity index is 498. The summed E-state index contributed by atoms with van der Waals surface area (Å²) in [5.41, 5.74) is 0.357. The van der Waals surface area contributed by atoms with Gasteiger partial charge in [-0.1, -0.05) is 0 Å². The molecular weight excluding hydrogens is 328 g/mol. The van der Waals surface area contributed by atoms with Crippen LogP contribution in [-0.2, 0) is 9.53 Å². The Kier molecular flexibility index (Phi) is 5.56. The molecule has 3 saturated heterocycles. The molecule has 6 heteroatoms. The van der Waals surface area contributed by atoms with Crippen LogP contribution in [0.4, 0.5) is 0 Å². The predicted octanol–water partition coefficient (Wildman–Crippen LogP) is 0.630. The Hall–Kier alpha value is -0.690. The van der Waals surface area contributed by atoms with Crippen LogP contribution in [0.5, 0.6) is 0 Å². The summed E-state index contributed by atoms with van der Waals surface area (Å²) in [6.45, 7) is 14.4. The zero-order valence-electron chi connectivity index (χ0n) is 16.6. The van der Waals surface area contributed by atoms with E-state index < -0.39 is 0 Å². The second-order valence-electron chi connectivity index (χ2n) is 9.08. The smallest absolute Gasteiger partial charge is 0.226 e. The first kappa shape index (κ1) is 18.7. The van der Waals surface area contributed by atoms with Gasteiger partial charge < -0.3 is 15.0 Å². The van der Waals surface area contributed by atoms with Gasteiger partial charge >= 0.3 is 0 Å². The first-order chi connectivity index (χ1) is 12.6. The second-order valence-corrected chi connectivity index (χ2v) is 9.08. The van der Waals surface area contributed by atoms with E-state index in [2.05, 4.69) is 33.9 Å². The monoisotopic (exact) mass is 364 g/mol. The van der Waals surface area contributed by atoms with Gasteiger partial charge in [-0.15, -0.1) is 0 Å². The average molecular weight is 365 g/mol. The van der Waals surface area contributed by atoms with Crippen molar-refractivity contribution in [2.75, 3.05) is 65.5 Å². The molecule has 26 heavy (non-hydrogen) atoms. The molecule has 6 nitrogen and oxygen atoms in total. The Balaban J connectivity index is 1.21. The summed E-state index contributed by atoms with van der Waals surface area (Å²) in [4.78, 5) is 20.0. The maximum Gasteiger partial charge on any atom is 0.226 e. The number of piperazine rings is 1. The van der Waals surface area contributed by atoms with E-state index in [1.165, 1.54) is 12.8 Å². The van der Waals surface area contributed by atoms with Crippen LogP contribution >= 0.6 is 0 Å². The molecule has 3 heterocycles. The Labute approximate surface area is 158 Å². The number of nitrogens with one attached hydrogen (secondary N) is 1. The Morgan fingerprint density at radius 3 is 2.58 bits per heavy atom. The number of carbonyl (C=O) groups is 1. The maximum absolute atomic E-state index is 12.9. The second kappa shape index (κ2) is 7.74. The van der Waals surface area contributed by atoms with Gasteiger partial charge in [0.15, 0.2) is 0 Å². The van der Waals surface area contributed by atoms with E-state index in [1.807, 2.05) is 0 Å². The van der Waals surface area contributed by atoms with Gasteiger partial charge in [-0.2, -0.15) is 0 Å². The lowest BCUT2D eigenvalue weighted by molar-refractivity contribution is -0.135. The van der Waals surface area contributed by atoms with Crippen molar-refractivity contribution >= 4 is 5.91 Å². The fraction of sp³-hybridized carbons (Fsp3) is 0.950. The van der Waals surface area contributed by atoms with Crippen molar-refractivity contribution in [3.05, 3.63) is 0 Å². The minimum absolute atomic E-state index is 0.315. The largest absolute Gasteiger partial charge is 0.374 e. The summed E-state index contributed by atoms with van der Waals surface area (Å²) in [5, 5.41) is 3.43. The molecule has 1 amide bonds. The molecule has 0 aromatic heterocycles. The fourth-order valence-corrected chi connectivity index (χ4v) is 5.15. The van der Waals surface area contributed by atoms with Crippen molar-refractivity contribution in [3.63, 3.8) is 0 Å². The molecule has 1 aliphatic carbocycles. The standard InChI is InChI=1S/C20H36N4O2/c1-16(2)24-11-12-26-17(15-24)14-22-7-9-23(10-8-22)19(25)18-13-20(18)3-5-21-6-4-20/h16-18,21H,3-15H2,1-2H3. The highest BCUT2D eigenvalue weighted by atomic mass is 16.5. The number of piperidine rings is 1. The predicted molar refractivity (Wildman–Crippen MR) is 102 cm³/mol. The minimum Gasteiger partial charge on any atom is -0.374 e. The third-order valence-electron chi connectivity index (χ3n) is 7.13. The van der Waals surface area contributed by atoms with Crippen LogP contribution in [0.2, 0.25) is 0 Å². The molecule has 4 rings (SSSR count). The molecule has 0 radical (unpaired) electrons. The number of carbonyl (C=O) groups excluding carboxylic acids is 1. The van der Waals surface area contributed by atoms with E-state index in [0.29, 0.717) is 29.4 Å². The first-order valence-electron chi connectivity index (χ1n) is 10.6. The van der Waals surface area contributed by atoms with Crippen LogP contribution in [-0.4, -0.2) is 98.3 Å². The molecule has 148 valence electrons. The molecule has 0 aromatic rings. The molecule has 1 spiro atoms. The average Bonchev–Trinajstić information content (AvgIpc) is 3.35. The quantitative estimate of drug-likeness (QED) is 0.793. The SMILES string of the molecule is CC(C)N1CCOC(CN2CCN(C(=O)C3CC34CCNCC4)CC2)C1. The molecule has 3 aliphatic heterocycles. The summed E-state index contributed by atoms with van der Waals surface area (Å²) in [6.07, 6.45) is 3.83. The highest BCUT2D eigenvalue weighted by Gasteiger charge is 2.58. The van der Waals surface area contributed by atoms with Crippen molar-refractivity contribution in [2.45, 2.75) is 45.3 Å². The van der Waals surface area contributed by atoms with E-state index in [-0.39, 0.29) is 0 Å². The van der Waals surface area contributed by atoms with Gasteiger partial charge in [-0.3, -0.25) is 14.6 Å². The highest BCUT2D eigenvalue weighted by molar-refractivity contribution is 5.82. The van der Waals surface area contributed by atoms with E-state index in [9.17, 15) is 4.79 Å². The van der Waals surface area contributed by atoms with Crippen LogP contribution in [0.3, 0.4) is 0 Å². The van der Waals surface area contributed by atoms with Crippen LogP contribution in [0.25, 0.3) is 0 Å². The van der Waals surface area contributed by atoms with Gasteiger partial charge in [0.05, 0.1) is 12.7 Å². The lowest BCUT2D eigenvalue weighted by Gasteiger charge is -2.40. The van der Waals surface area contributed by atoms with Gasteiger partial charge in [0.2, 0.25) is 5.91 Å². The van der Waals surface area contributed by atoms with Crippen LogP contribution in [0.1, 0.15) is 33.1 Å². The summed E-state index contributed by atoms with van der Waals surface area (Å²) >= 11 is 0. The number of morpholine rings is 1. The molecule has 4 fully saturated rings. The summed E-state index contributed by atoms with van der Waals surface area (Å²) in [6, 6.07) is 0.594. The minimum atomic E-state index is 0.315. The van der Waals surface area contributed by atoms with Crippen molar-refractivity contribution in [3.8, 4) is 0 Å². The Morgan fingerprint density at radius 1 is 1.15 bits per heavy atom. The van der Waals surface area contributed by atoms with Crippen LogP contribution in [0.15, 0.2) is 0 Å². The van der Waals surface area contributed by atoms with Crippen molar-refractivity contribution in [2.24, 2.45) is 11.3 Å². The summed E-state index contributed by atoms with van der Waals surface area (Å²) < 4.78 is 5.99. The highest BCUT2D eigenvalue weighted by Crippen LogP contribution is 2.59. The normalized spacial score (nSPS) is 33.0. The molecule has 2 atom stereocenters. The van der Waals surface area contributed by atoms with Gasteiger partial charge in [0, 0.05) is 57.8 Å². The van der Waals surface area contributed by atoms with Gasteiger partial charge in [0.1, 0.15) is 0 Å². The number of nitrogens with zero attached hydrogens (tertiary/aromatic N) is 3. The maximum atomic E-state index is 12.9. The van der Waals surface area contributed by atoms with Gasteiger partial charge in [-0.25, -0.2) is 0 Å². The molecule has 1 saturated carbocycles. The summed E-state index contributed by atoms with van der Waals surface area (Å²) in [5.74, 6) is 0.754.